The van der Waals surface area contributed by atoms with Crippen LogP contribution in [0.3, 0.4) is 0 Å². The maximum Gasteiger partial charge on any atom is 0.199 e. The number of phenolic OH excluding ortho intramolecular Hbond substituents is 1. The molecule has 6 nitrogen and oxygen atoms in total. The molecule has 0 amide bonds. The highest BCUT2D eigenvalue weighted by Crippen LogP contribution is 2.30. The van der Waals surface area contributed by atoms with Crippen LogP contribution < -0.4 is 9.47 Å². The largest absolute Gasteiger partial charge is 0.508 e. The summed E-state index contributed by atoms with van der Waals surface area (Å²) in [7, 11) is 0. The molecule has 2 unspecified atom stereocenters. The molecular weight excluding hydrogens is 476 g/mol. The van der Waals surface area contributed by atoms with E-state index >= 15 is 0 Å². The third kappa shape index (κ3) is 6.12. The van der Waals surface area contributed by atoms with Gasteiger partial charge in [-0.3, -0.25) is 4.79 Å². The Labute approximate surface area is 196 Å². The lowest BCUT2D eigenvalue weighted by atomic mass is 10.1. The number of benzene rings is 2. The fourth-order valence-corrected chi connectivity index (χ4v) is 4.07. The Kier molecular flexibility index (Phi) is 7.84. The molecule has 2 aromatic rings. The lowest BCUT2D eigenvalue weighted by molar-refractivity contribution is -0.107. The zero-order valence-electron chi connectivity index (χ0n) is 17.8. The Hall–Kier alpha value is -2.35. The second-order valence-electron chi connectivity index (χ2n) is 7.89. The highest BCUT2D eigenvalue weighted by molar-refractivity contribution is 9.10. The van der Waals surface area contributed by atoms with Crippen LogP contribution >= 0.6 is 15.9 Å². The van der Waals surface area contributed by atoms with E-state index in [2.05, 4.69) is 15.9 Å². The van der Waals surface area contributed by atoms with Gasteiger partial charge in [0.15, 0.2) is 18.4 Å². The molecule has 7 heteroatoms. The summed E-state index contributed by atoms with van der Waals surface area (Å²) in [6, 6.07) is 10.1. The normalized spacial score (nSPS) is 21.4. The van der Waals surface area contributed by atoms with Gasteiger partial charge in [-0.2, -0.15) is 0 Å². The smallest absolute Gasteiger partial charge is 0.199 e. The van der Waals surface area contributed by atoms with E-state index in [1.54, 1.807) is 42.5 Å². The number of carbonyl (C=O) groups is 1. The van der Waals surface area contributed by atoms with Crippen LogP contribution in [0.5, 0.6) is 17.2 Å². The number of hydrogen-bond acceptors (Lipinski definition) is 6. The third-order valence-corrected chi connectivity index (χ3v) is 6.13. The molecular formula is C25H27BrO6. The number of rotatable bonds is 7. The van der Waals surface area contributed by atoms with E-state index in [9.17, 15) is 9.90 Å². The second kappa shape index (κ2) is 11.0. The van der Waals surface area contributed by atoms with Gasteiger partial charge in [-0.15, -0.1) is 0 Å². The van der Waals surface area contributed by atoms with Crippen molar-refractivity contribution in [2.75, 3.05) is 13.2 Å². The minimum atomic E-state index is -0.368. The van der Waals surface area contributed by atoms with Crippen molar-refractivity contribution in [2.45, 2.75) is 51.1 Å². The molecule has 0 bridgehead atoms. The van der Waals surface area contributed by atoms with Crippen molar-refractivity contribution in [3.63, 3.8) is 0 Å². The van der Waals surface area contributed by atoms with Crippen molar-refractivity contribution in [2.24, 2.45) is 0 Å². The van der Waals surface area contributed by atoms with Gasteiger partial charge in [0, 0.05) is 17.3 Å². The average Bonchev–Trinajstić information content (AvgIpc) is 2.82. The zero-order chi connectivity index (χ0) is 22.3. The predicted molar refractivity (Wildman–Crippen MR) is 124 cm³/mol. The number of aromatic hydroxyl groups is 1. The molecule has 2 aromatic carbocycles. The molecule has 32 heavy (non-hydrogen) atoms. The Bertz CT molecular complexity index is 961. The van der Waals surface area contributed by atoms with Crippen LogP contribution in [0.4, 0.5) is 0 Å². The van der Waals surface area contributed by atoms with Gasteiger partial charge in [-0.05, 0) is 79.8 Å². The SMILES string of the molecule is O=C(/C=C/c1cc(O)ccc1Br)c1cc(OC2CCCCO2)ccc1OC1CCCCO1. The van der Waals surface area contributed by atoms with E-state index < -0.39 is 0 Å². The highest BCUT2D eigenvalue weighted by atomic mass is 79.9. The zero-order valence-corrected chi connectivity index (χ0v) is 19.4. The molecule has 4 rings (SSSR count). The van der Waals surface area contributed by atoms with E-state index in [-0.39, 0.29) is 24.1 Å². The summed E-state index contributed by atoms with van der Waals surface area (Å²) in [4.78, 5) is 13.1. The molecule has 2 fully saturated rings. The number of allylic oxidation sites excluding steroid dienone is 1. The minimum Gasteiger partial charge on any atom is -0.508 e. The van der Waals surface area contributed by atoms with Crippen molar-refractivity contribution in [3.05, 3.63) is 58.1 Å². The first kappa shape index (κ1) is 22.8. The summed E-state index contributed by atoms with van der Waals surface area (Å²) in [6.45, 7) is 1.33. The molecule has 0 saturated carbocycles. The van der Waals surface area contributed by atoms with Crippen LogP contribution in [-0.4, -0.2) is 36.7 Å². The van der Waals surface area contributed by atoms with Gasteiger partial charge in [0.2, 0.25) is 0 Å². The van der Waals surface area contributed by atoms with E-state index in [0.29, 0.717) is 35.8 Å². The quantitative estimate of drug-likeness (QED) is 0.377. The lowest BCUT2D eigenvalue weighted by Gasteiger charge is -2.25. The molecule has 2 saturated heterocycles. The van der Waals surface area contributed by atoms with Crippen LogP contribution in [0.25, 0.3) is 6.08 Å². The van der Waals surface area contributed by atoms with Crippen molar-refractivity contribution < 1.29 is 28.8 Å². The fourth-order valence-electron chi connectivity index (χ4n) is 3.69. The first-order valence-corrected chi connectivity index (χ1v) is 11.8. The molecule has 2 atom stereocenters. The van der Waals surface area contributed by atoms with Gasteiger partial charge in [0.1, 0.15) is 17.2 Å². The Morgan fingerprint density at radius 1 is 0.969 bits per heavy atom. The molecule has 2 aliphatic rings. The number of halogens is 1. The first-order chi connectivity index (χ1) is 15.6. The molecule has 2 aliphatic heterocycles. The molecule has 0 aromatic heterocycles. The standard InChI is InChI=1S/C25H27BrO6/c26-21-10-8-18(27)15-17(21)7-11-22(28)20-16-19(31-24-5-1-3-13-29-24)9-12-23(20)32-25-6-2-4-14-30-25/h7-12,15-16,24-25,27H,1-6,13-14H2/b11-7+. The maximum absolute atomic E-state index is 13.1. The van der Waals surface area contributed by atoms with Gasteiger partial charge in [0.05, 0.1) is 18.8 Å². The van der Waals surface area contributed by atoms with Gasteiger partial charge in [0.25, 0.3) is 0 Å². The van der Waals surface area contributed by atoms with Crippen LogP contribution in [0.2, 0.25) is 0 Å². The van der Waals surface area contributed by atoms with Crippen molar-refractivity contribution in [1.82, 2.24) is 0 Å². The van der Waals surface area contributed by atoms with Crippen molar-refractivity contribution in [1.29, 1.82) is 0 Å². The van der Waals surface area contributed by atoms with Gasteiger partial charge < -0.3 is 24.1 Å². The Morgan fingerprint density at radius 2 is 1.69 bits per heavy atom. The van der Waals surface area contributed by atoms with Crippen molar-refractivity contribution in [3.8, 4) is 17.2 Å². The topological polar surface area (TPSA) is 74.2 Å². The van der Waals surface area contributed by atoms with E-state index in [4.69, 9.17) is 18.9 Å². The number of phenols is 1. The number of carbonyl (C=O) groups excluding carboxylic acids is 1. The van der Waals surface area contributed by atoms with Gasteiger partial charge >= 0.3 is 0 Å². The summed E-state index contributed by atoms with van der Waals surface area (Å²) in [6.07, 6.45) is 8.19. The average molecular weight is 503 g/mol. The second-order valence-corrected chi connectivity index (χ2v) is 8.74. The monoisotopic (exact) mass is 502 g/mol. The number of ketones is 1. The lowest BCUT2D eigenvalue weighted by Crippen LogP contribution is -2.26. The summed E-state index contributed by atoms with van der Waals surface area (Å²) in [5, 5.41) is 9.74. The van der Waals surface area contributed by atoms with Gasteiger partial charge in [-0.1, -0.05) is 15.9 Å². The fraction of sp³-hybridized carbons (Fsp3) is 0.400. The van der Waals surface area contributed by atoms with Crippen molar-refractivity contribution >= 4 is 27.8 Å². The summed E-state index contributed by atoms with van der Waals surface area (Å²) < 4.78 is 24.1. The van der Waals surface area contributed by atoms with E-state index in [1.807, 2.05) is 0 Å². The summed E-state index contributed by atoms with van der Waals surface area (Å²) in [5.74, 6) is 0.908. The molecule has 0 spiro atoms. The molecule has 170 valence electrons. The van der Waals surface area contributed by atoms with Crippen LogP contribution in [-0.2, 0) is 9.47 Å². The molecule has 1 N–H and O–H groups in total. The van der Waals surface area contributed by atoms with Crippen LogP contribution in [0.1, 0.15) is 54.4 Å². The minimum absolute atomic E-state index is 0.127. The van der Waals surface area contributed by atoms with E-state index in [1.165, 1.54) is 6.08 Å². The third-order valence-electron chi connectivity index (χ3n) is 5.41. The predicted octanol–water partition coefficient (Wildman–Crippen LogP) is 5.86. The summed E-state index contributed by atoms with van der Waals surface area (Å²) in [5.41, 5.74) is 1.08. The summed E-state index contributed by atoms with van der Waals surface area (Å²) >= 11 is 3.44. The molecule has 2 heterocycles. The maximum atomic E-state index is 13.1. The Balaban J connectivity index is 1.57. The number of ether oxygens (including phenoxy) is 4. The highest BCUT2D eigenvalue weighted by Gasteiger charge is 2.21. The number of hydrogen-bond donors (Lipinski definition) is 1. The Morgan fingerprint density at radius 3 is 2.38 bits per heavy atom. The molecule has 0 aliphatic carbocycles. The van der Waals surface area contributed by atoms with Crippen LogP contribution in [0, 0.1) is 0 Å². The molecule has 0 radical (unpaired) electrons. The van der Waals surface area contributed by atoms with Gasteiger partial charge in [-0.25, -0.2) is 0 Å². The van der Waals surface area contributed by atoms with E-state index in [0.717, 1.165) is 43.0 Å². The first-order valence-electron chi connectivity index (χ1n) is 11.0. The van der Waals surface area contributed by atoms with Crippen LogP contribution in [0.15, 0.2) is 46.9 Å².